The average molecular weight is 231 g/mol. The van der Waals surface area contributed by atoms with E-state index in [1.54, 1.807) is 25.1 Å². The minimum atomic E-state index is 0.0521. The van der Waals surface area contributed by atoms with Crippen LogP contribution in [0, 0.1) is 18.3 Å². The molecule has 0 saturated heterocycles. The smallest absolute Gasteiger partial charge is 0.236 e. The van der Waals surface area contributed by atoms with Crippen LogP contribution in [0.3, 0.4) is 0 Å². The number of nitrogens with zero attached hydrogens (tertiary/aromatic N) is 2. The van der Waals surface area contributed by atoms with Gasteiger partial charge in [0.2, 0.25) is 5.91 Å². The van der Waals surface area contributed by atoms with Crippen LogP contribution in [0.5, 0.6) is 0 Å². The highest BCUT2D eigenvalue weighted by Crippen LogP contribution is 2.10. The minimum absolute atomic E-state index is 0.0521. The van der Waals surface area contributed by atoms with Crippen molar-refractivity contribution < 1.29 is 4.79 Å². The van der Waals surface area contributed by atoms with Crippen molar-refractivity contribution in [1.29, 1.82) is 5.26 Å². The van der Waals surface area contributed by atoms with Crippen LogP contribution in [-0.2, 0) is 11.3 Å². The Morgan fingerprint density at radius 2 is 2.18 bits per heavy atom. The van der Waals surface area contributed by atoms with Gasteiger partial charge in [0.1, 0.15) is 0 Å². The molecule has 0 aliphatic rings. The highest BCUT2D eigenvalue weighted by Gasteiger charge is 2.04. The number of carbonyl (C=O) groups is 1. The van der Waals surface area contributed by atoms with Crippen LogP contribution in [0.2, 0.25) is 0 Å². The summed E-state index contributed by atoms with van der Waals surface area (Å²) in [6, 6.07) is 7.66. The van der Waals surface area contributed by atoms with E-state index >= 15 is 0 Å². The molecule has 0 aliphatic carbocycles. The van der Waals surface area contributed by atoms with Crippen molar-refractivity contribution in [1.82, 2.24) is 10.2 Å². The van der Waals surface area contributed by atoms with E-state index < -0.39 is 0 Å². The Hall–Kier alpha value is -1.86. The number of nitrogens with one attached hydrogen (secondary N) is 1. The maximum Gasteiger partial charge on any atom is 0.236 e. The largest absolute Gasteiger partial charge is 0.348 e. The highest BCUT2D eigenvalue weighted by atomic mass is 16.2. The summed E-state index contributed by atoms with van der Waals surface area (Å²) in [5.41, 5.74) is 2.83. The predicted molar refractivity (Wildman–Crippen MR) is 66.3 cm³/mol. The summed E-state index contributed by atoms with van der Waals surface area (Å²) in [4.78, 5) is 12.9. The van der Waals surface area contributed by atoms with Gasteiger partial charge in [-0.1, -0.05) is 6.07 Å². The van der Waals surface area contributed by atoms with Gasteiger partial charge in [-0.15, -0.1) is 0 Å². The molecule has 1 amide bonds. The summed E-state index contributed by atoms with van der Waals surface area (Å²) in [5.74, 6) is 0.0521. The lowest BCUT2D eigenvalue weighted by Gasteiger charge is -2.12. The third-order valence-electron chi connectivity index (χ3n) is 2.56. The first-order valence-corrected chi connectivity index (χ1v) is 5.45. The lowest BCUT2D eigenvalue weighted by Crippen LogP contribution is -2.32. The van der Waals surface area contributed by atoms with Crippen molar-refractivity contribution in [2.75, 3.05) is 20.6 Å². The van der Waals surface area contributed by atoms with Gasteiger partial charge in [-0.2, -0.15) is 5.26 Å². The normalized spacial score (nSPS) is 9.76. The quantitative estimate of drug-likeness (QED) is 0.842. The Morgan fingerprint density at radius 1 is 1.47 bits per heavy atom. The lowest BCUT2D eigenvalue weighted by molar-refractivity contribution is -0.127. The Balaban J connectivity index is 2.53. The Bertz CT molecular complexity index is 446. The molecule has 1 N–H and O–H groups in total. The molecule has 0 heterocycles. The molecule has 1 rings (SSSR count). The summed E-state index contributed by atoms with van der Waals surface area (Å²) in [7, 11) is 3.47. The minimum Gasteiger partial charge on any atom is -0.348 e. The zero-order valence-electron chi connectivity index (χ0n) is 10.4. The number of carbonyl (C=O) groups excluding carboxylic acids is 1. The average Bonchev–Trinajstić information content (AvgIpc) is 2.30. The number of likely N-dealkylation sites (N-methyl/N-ethyl adjacent to an activating group) is 1. The predicted octanol–water partition coefficient (Wildman–Crippen LogP) is 1.04. The molecule has 4 heteroatoms. The maximum absolute atomic E-state index is 11.3. The van der Waals surface area contributed by atoms with Gasteiger partial charge >= 0.3 is 0 Å². The molecule has 1 aromatic rings. The van der Waals surface area contributed by atoms with Gasteiger partial charge < -0.3 is 10.2 Å². The maximum atomic E-state index is 11.3. The van der Waals surface area contributed by atoms with Gasteiger partial charge in [-0.05, 0) is 30.2 Å². The molecule has 0 bridgehead atoms. The van der Waals surface area contributed by atoms with E-state index in [9.17, 15) is 4.79 Å². The van der Waals surface area contributed by atoms with Crippen molar-refractivity contribution in [2.45, 2.75) is 13.5 Å². The molecule has 0 radical (unpaired) electrons. The van der Waals surface area contributed by atoms with Gasteiger partial charge in [0.05, 0.1) is 18.2 Å². The molecule has 1 aromatic carbocycles. The van der Waals surface area contributed by atoms with Gasteiger partial charge in [-0.3, -0.25) is 4.79 Å². The van der Waals surface area contributed by atoms with Crippen LogP contribution < -0.4 is 5.32 Å². The van der Waals surface area contributed by atoms with E-state index in [2.05, 4.69) is 11.4 Å². The zero-order chi connectivity index (χ0) is 12.8. The fourth-order valence-corrected chi connectivity index (χ4v) is 1.43. The molecule has 0 saturated carbocycles. The third kappa shape index (κ3) is 3.89. The van der Waals surface area contributed by atoms with Crippen molar-refractivity contribution in [3.8, 4) is 6.07 Å². The lowest BCUT2D eigenvalue weighted by atomic mass is 10.1. The molecule has 0 aromatic heterocycles. The number of amides is 1. The number of aryl methyl sites for hydroxylation is 1. The zero-order valence-corrected chi connectivity index (χ0v) is 10.4. The summed E-state index contributed by atoms with van der Waals surface area (Å²) >= 11 is 0. The van der Waals surface area contributed by atoms with E-state index in [1.165, 1.54) is 0 Å². The molecule has 0 aliphatic heterocycles. The summed E-state index contributed by atoms with van der Waals surface area (Å²) < 4.78 is 0. The highest BCUT2D eigenvalue weighted by molar-refractivity contribution is 5.77. The Kier molecular flexibility index (Phi) is 4.68. The second-order valence-corrected chi connectivity index (χ2v) is 4.14. The van der Waals surface area contributed by atoms with Crippen LogP contribution in [0.4, 0.5) is 0 Å². The van der Waals surface area contributed by atoms with Crippen molar-refractivity contribution in [2.24, 2.45) is 0 Å². The molecule has 0 unspecified atom stereocenters. The molecular formula is C13H17N3O. The van der Waals surface area contributed by atoms with Crippen molar-refractivity contribution in [3.63, 3.8) is 0 Å². The Morgan fingerprint density at radius 3 is 2.71 bits per heavy atom. The van der Waals surface area contributed by atoms with Gasteiger partial charge in [-0.25, -0.2) is 0 Å². The molecule has 4 nitrogen and oxygen atoms in total. The van der Waals surface area contributed by atoms with Crippen LogP contribution in [-0.4, -0.2) is 31.4 Å². The Labute approximate surface area is 102 Å². The summed E-state index contributed by atoms with van der Waals surface area (Å²) in [6.07, 6.45) is 0. The fraction of sp³-hybridized carbons (Fsp3) is 0.385. The fourth-order valence-electron chi connectivity index (χ4n) is 1.43. The van der Waals surface area contributed by atoms with Crippen molar-refractivity contribution in [3.05, 3.63) is 34.9 Å². The van der Waals surface area contributed by atoms with Crippen LogP contribution >= 0.6 is 0 Å². The monoisotopic (exact) mass is 231 g/mol. The first-order chi connectivity index (χ1) is 8.04. The molecular weight excluding hydrogens is 214 g/mol. The standard InChI is InChI=1S/C13H17N3O/c1-10-6-11(7-14)4-5-12(10)8-15-9-13(17)16(2)3/h4-6,15H,8-9H2,1-3H3. The van der Waals surface area contributed by atoms with Crippen LogP contribution in [0.1, 0.15) is 16.7 Å². The van der Waals surface area contributed by atoms with E-state index in [-0.39, 0.29) is 5.91 Å². The van der Waals surface area contributed by atoms with E-state index in [4.69, 9.17) is 5.26 Å². The van der Waals surface area contributed by atoms with E-state index in [0.29, 0.717) is 18.7 Å². The second kappa shape index (κ2) is 6.02. The number of hydrogen-bond acceptors (Lipinski definition) is 3. The molecule has 17 heavy (non-hydrogen) atoms. The van der Waals surface area contributed by atoms with Crippen LogP contribution in [0.25, 0.3) is 0 Å². The number of hydrogen-bond donors (Lipinski definition) is 1. The van der Waals surface area contributed by atoms with E-state index in [0.717, 1.165) is 11.1 Å². The summed E-state index contributed by atoms with van der Waals surface area (Å²) in [5, 5.41) is 11.8. The molecule has 0 spiro atoms. The van der Waals surface area contributed by atoms with Gasteiger partial charge in [0.15, 0.2) is 0 Å². The third-order valence-corrected chi connectivity index (χ3v) is 2.56. The number of benzene rings is 1. The molecule has 0 atom stereocenters. The first-order valence-electron chi connectivity index (χ1n) is 5.45. The topological polar surface area (TPSA) is 56.1 Å². The van der Waals surface area contributed by atoms with Gasteiger partial charge in [0.25, 0.3) is 0 Å². The van der Waals surface area contributed by atoms with E-state index in [1.807, 2.05) is 19.1 Å². The first kappa shape index (κ1) is 13.2. The van der Waals surface area contributed by atoms with Gasteiger partial charge in [0, 0.05) is 20.6 Å². The molecule has 90 valence electrons. The van der Waals surface area contributed by atoms with Crippen molar-refractivity contribution >= 4 is 5.91 Å². The van der Waals surface area contributed by atoms with Crippen LogP contribution in [0.15, 0.2) is 18.2 Å². The number of nitriles is 1. The second-order valence-electron chi connectivity index (χ2n) is 4.14. The summed E-state index contributed by atoms with van der Waals surface area (Å²) in [6.45, 7) is 2.93. The number of rotatable bonds is 4. The SMILES string of the molecule is Cc1cc(C#N)ccc1CNCC(=O)N(C)C. The molecule has 0 fully saturated rings.